The van der Waals surface area contributed by atoms with Gasteiger partial charge in [-0.05, 0) is 6.07 Å². The Morgan fingerprint density at radius 2 is 1.92 bits per heavy atom. The number of hydrogen-bond acceptors (Lipinski definition) is 6. The van der Waals surface area contributed by atoms with E-state index in [1.165, 1.54) is 6.07 Å². The van der Waals surface area contributed by atoms with E-state index in [-0.39, 0.29) is 17.8 Å². The van der Waals surface area contributed by atoms with Crippen LogP contribution in [0, 0.1) is 5.82 Å². The number of benzene rings is 1. The van der Waals surface area contributed by atoms with Crippen molar-refractivity contribution in [2.75, 3.05) is 31.1 Å². The average Bonchev–Trinajstić information content (AvgIpc) is 2.55. The quantitative estimate of drug-likeness (QED) is 0.781. The van der Waals surface area contributed by atoms with Crippen molar-refractivity contribution in [1.29, 1.82) is 0 Å². The Balaban J connectivity index is 1.30. The number of carbonyl (C=O) groups excluding carboxylic acids is 1. The summed E-state index contributed by atoms with van der Waals surface area (Å²) in [5.41, 5.74) is 2.04. The first-order chi connectivity index (χ1) is 12.6. The number of nitrogens with zero attached hydrogens (tertiary/aromatic N) is 5. The Bertz CT molecular complexity index is 841. The molecule has 0 aliphatic carbocycles. The van der Waals surface area contributed by atoms with Crippen molar-refractivity contribution in [3.05, 3.63) is 42.5 Å². The largest absolute Gasteiger partial charge is 0.389 e. The standard InChI is InChI=1S/C18H18FN5O2/c1-12(25)23-10-15(11-23)26-22-14-8-24(9-14)18-20-6-13(7-21-18)16-4-2-3-5-17(16)19/h2-7,15H,8-11H2,1H3. The molecule has 0 saturated carbocycles. The second-order valence-corrected chi connectivity index (χ2v) is 6.42. The molecule has 1 aromatic carbocycles. The maximum atomic E-state index is 13.8. The van der Waals surface area contributed by atoms with E-state index in [4.69, 9.17) is 4.84 Å². The number of carbonyl (C=O) groups is 1. The average molecular weight is 355 g/mol. The van der Waals surface area contributed by atoms with Gasteiger partial charge in [0.25, 0.3) is 0 Å². The van der Waals surface area contributed by atoms with E-state index in [1.807, 2.05) is 4.90 Å². The zero-order valence-electron chi connectivity index (χ0n) is 14.3. The van der Waals surface area contributed by atoms with Crippen LogP contribution in [0.1, 0.15) is 6.92 Å². The summed E-state index contributed by atoms with van der Waals surface area (Å²) in [4.78, 5) is 28.8. The van der Waals surface area contributed by atoms with E-state index in [9.17, 15) is 9.18 Å². The van der Waals surface area contributed by atoms with Crippen LogP contribution in [0.2, 0.25) is 0 Å². The van der Waals surface area contributed by atoms with Gasteiger partial charge in [0.05, 0.1) is 31.9 Å². The second kappa shape index (κ2) is 6.70. The Morgan fingerprint density at radius 1 is 1.23 bits per heavy atom. The molecule has 3 heterocycles. The second-order valence-electron chi connectivity index (χ2n) is 6.42. The molecular weight excluding hydrogens is 337 g/mol. The highest BCUT2D eigenvalue weighted by Gasteiger charge is 2.31. The van der Waals surface area contributed by atoms with Crippen molar-refractivity contribution in [2.24, 2.45) is 5.16 Å². The SMILES string of the molecule is CC(=O)N1CC(ON=C2CN(c3ncc(-c4ccccc4F)cn3)C2)C1. The summed E-state index contributed by atoms with van der Waals surface area (Å²) in [5.74, 6) is 0.345. The summed E-state index contributed by atoms with van der Waals surface area (Å²) >= 11 is 0. The van der Waals surface area contributed by atoms with Crippen LogP contribution in [0.4, 0.5) is 10.3 Å². The van der Waals surface area contributed by atoms with Gasteiger partial charge in [0, 0.05) is 30.4 Å². The summed E-state index contributed by atoms with van der Waals surface area (Å²) in [6, 6.07) is 6.55. The summed E-state index contributed by atoms with van der Waals surface area (Å²) in [6.07, 6.45) is 3.23. The van der Waals surface area contributed by atoms with Crippen molar-refractivity contribution in [3.8, 4) is 11.1 Å². The van der Waals surface area contributed by atoms with Crippen molar-refractivity contribution in [3.63, 3.8) is 0 Å². The minimum atomic E-state index is -0.293. The minimum Gasteiger partial charge on any atom is -0.389 e. The molecule has 0 N–H and O–H groups in total. The lowest BCUT2D eigenvalue weighted by molar-refractivity contribution is -0.142. The highest BCUT2D eigenvalue weighted by Crippen LogP contribution is 2.23. The van der Waals surface area contributed by atoms with Crippen molar-refractivity contribution in [1.82, 2.24) is 14.9 Å². The normalized spacial score (nSPS) is 16.8. The summed E-state index contributed by atoms with van der Waals surface area (Å²) in [6.45, 7) is 3.93. The molecule has 0 bridgehead atoms. The predicted molar refractivity (Wildman–Crippen MR) is 94.2 cm³/mol. The van der Waals surface area contributed by atoms with Crippen molar-refractivity contribution in [2.45, 2.75) is 13.0 Å². The fourth-order valence-corrected chi connectivity index (χ4v) is 2.82. The Labute approximate surface area is 150 Å². The molecule has 2 aliphatic heterocycles. The number of amides is 1. The lowest BCUT2D eigenvalue weighted by atomic mass is 10.1. The summed E-state index contributed by atoms with van der Waals surface area (Å²) < 4.78 is 13.8. The molecule has 2 fully saturated rings. The number of rotatable bonds is 4. The third-order valence-corrected chi connectivity index (χ3v) is 4.48. The van der Waals surface area contributed by atoms with E-state index in [0.29, 0.717) is 43.3 Å². The van der Waals surface area contributed by atoms with E-state index in [2.05, 4.69) is 15.1 Å². The molecule has 0 spiro atoms. The van der Waals surface area contributed by atoms with Crippen LogP contribution in [0.15, 0.2) is 41.8 Å². The molecule has 26 heavy (non-hydrogen) atoms. The maximum absolute atomic E-state index is 13.8. The first kappa shape index (κ1) is 16.4. The Morgan fingerprint density at radius 3 is 2.58 bits per heavy atom. The molecule has 134 valence electrons. The molecule has 0 unspecified atom stereocenters. The molecule has 2 saturated heterocycles. The van der Waals surface area contributed by atoms with Crippen molar-refractivity contribution >= 4 is 17.6 Å². The number of oxime groups is 1. The van der Waals surface area contributed by atoms with Gasteiger partial charge in [-0.1, -0.05) is 23.4 Å². The smallest absolute Gasteiger partial charge is 0.225 e. The van der Waals surface area contributed by atoms with Gasteiger partial charge >= 0.3 is 0 Å². The monoisotopic (exact) mass is 355 g/mol. The van der Waals surface area contributed by atoms with Crippen LogP contribution < -0.4 is 4.90 Å². The molecule has 1 amide bonds. The highest BCUT2D eigenvalue weighted by molar-refractivity contribution is 5.98. The van der Waals surface area contributed by atoms with Gasteiger partial charge in [0.1, 0.15) is 5.82 Å². The van der Waals surface area contributed by atoms with Gasteiger partial charge in [-0.15, -0.1) is 0 Å². The fourth-order valence-electron chi connectivity index (χ4n) is 2.82. The third kappa shape index (κ3) is 3.22. The topological polar surface area (TPSA) is 70.9 Å². The van der Waals surface area contributed by atoms with E-state index >= 15 is 0 Å². The van der Waals surface area contributed by atoms with E-state index in [0.717, 1.165) is 5.71 Å². The van der Waals surface area contributed by atoms with Crippen LogP contribution in [-0.2, 0) is 9.63 Å². The molecule has 8 heteroatoms. The number of hydrogen-bond donors (Lipinski definition) is 0. The lowest BCUT2D eigenvalue weighted by Gasteiger charge is -2.37. The number of aromatic nitrogens is 2. The first-order valence-electron chi connectivity index (χ1n) is 8.39. The number of likely N-dealkylation sites (tertiary alicyclic amines) is 1. The molecule has 0 radical (unpaired) electrons. The fraction of sp³-hybridized carbons (Fsp3) is 0.333. The van der Waals surface area contributed by atoms with Crippen LogP contribution in [0.5, 0.6) is 0 Å². The molecule has 2 aliphatic rings. The molecule has 0 atom stereocenters. The Kier molecular flexibility index (Phi) is 4.24. The first-order valence-corrected chi connectivity index (χ1v) is 8.39. The molecule has 1 aromatic heterocycles. The van der Waals surface area contributed by atoms with Crippen LogP contribution in [-0.4, -0.2) is 58.8 Å². The number of anilines is 1. The maximum Gasteiger partial charge on any atom is 0.225 e. The van der Waals surface area contributed by atoms with E-state index < -0.39 is 0 Å². The van der Waals surface area contributed by atoms with Crippen LogP contribution in [0.25, 0.3) is 11.1 Å². The van der Waals surface area contributed by atoms with Crippen molar-refractivity contribution < 1.29 is 14.0 Å². The van der Waals surface area contributed by atoms with Gasteiger partial charge in [0.2, 0.25) is 11.9 Å². The summed E-state index contributed by atoms with van der Waals surface area (Å²) in [5, 5.41) is 4.13. The van der Waals surface area contributed by atoms with Gasteiger partial charge < -0.3 is 14.6 Å². The van der Waals surface area contributed by atoms with Crippen LogP contribution in [0.3, 0.4) is 0 Å². The molecule has 4 rings (SSSR count). The zero-order chi connectivity index (χ0) is 18.1. The lowest BCUT2D eigenvalue weighted by Crippen LogP contribution is -2.54. The highest BCUT2D eigenvalue weighted by atomic mass is 19.1. The molecule has 7 nitrogen and oxygen atoms in total. The van der Waals surface area contributed by atoms with Crippen LogP contribution >= 0.6 is 0 Å². The van der Waals surface area contributed by atoms with Gasteiger partial charge in [-0.25, -0.2) is 14.4 Å². The number of halogens is 1. The minimum absolute atomic E-state index is 0.0169. The molecular formula is C18H18FN5O2. The predicted octanol–water partition coefficient (Wildman–Crippen LogP) is 1.71. The van der Waals surface area contributed by atoms with E-state index in [1.54, 1.807) is 42.4 Å². The van der Waals surface area contributed by atoms with Gasteiger partial charge in [0.15, 0.2) is 6.10 Å². The van der Waals surface area contributed by atoms with Gasteiger partial charge in [-0.2, -0.15) is 0 Å². The van der Waals surface area contributed by atoms with Gasteiger partial charge in [-0.3, -0.25) is 4.79 Å². The summed E-state index contributed by atoms with van der Waals surface area (Å²) in [7, 11) is 0. The Hall–Kier alpha value is -3.03. The third-order valence-electron chi connectivity index (χ3n) is 4.48. The zero-order valence-corrected chi connectivity index (χ0v) is 14.3. The molecule has 2 aromatic rings.